The molecule has 0 atom stereocenters. The van der Waals surface area contributed by atoms with Crippen molar-refractivity contribution in [3.8, 4) is 11.5 Å². The summed E-state index contributed by atoms with van der Waals surface area (Å²) in [6.07, 6.45) is -4.39. The van der Waals surface area contributed by atoms with Crippen LogP contribution in [0.5, 0.6) is 11.5 Å². The normalized spacial score (nSPS) is 11.5. The number of benzene rings is 2. The second kappa shape index (κ2) is 10.5. The van der Waals surface area contributed by atoms with Gasteiger partial charge in [0, 0.05) is 5.69 Å². The molecule has 0 aromatic heterocycles. The third-order valence-corrected chi connectivity index (χ3v) is 3.45. The number of nitrogens with one attached hydrogen (secondary N) is 1. The van der Waals surface area contributed by atoms with Gasteiger partial charge in [-0.25, -0.2) is 4.99 Å². The Morgan fingerprint density at radius 3 is 2.59 bits per heavy atom. The number of ether oxygens (including phenoxy) is 2. The Morgan fingerprint density at radius 1 is 1.22 bits per heavy atom. The van der Waals surface area contributed by atoms with Gasteiger partial charge in [0.15, 0.2) is 12.6 Å². The minimum Gasteiger partial charge on any atom is -0.495 e. The summed E-state index contributed by atoms with van der Waals surface area (Å²) in [5.74, 6) is 0.778. The molecular formula is C17H18ClF3IN3O2. The molecule has 2 aromatic carbocycles. The van der Waals surface area contributed by atoms with Crippen LogP contribution in [0.25, 0.3) is 0 Å². The van der Waals surface area contributed by atoms with Crippen molar-refractivity contribution in [2.24, 2.45) is 10.7 Å². The fourth-order valence-electron chi connectivity index (χ4n) is 2.01. The third kappa shape index (κ3) is 8.12. The first-order valence-corrected chi connectivity index (χ1v) is 7.83. The van der Waals surface area contributed by atoms with E-state index in [9.17, 15) is 13.2 Å². The predicted molar refractivity (Wildman–Crippen MR) is 110 cm³/mol. The first-order valence-electron chi connectivity index (χ1n) is 7.46. The molecule has 0 spiro atoms. The summed E-state index contributed by atoms with van der Waals surface area (Å²) in [4.78, 5) is 4.14. The van der Waals surface area contributed by atoms with Crippen molar-refractivity contribution in [3.63, 3.8) is 0 Å². The number of aliphatic imine (C=N–C) groups is 1. The number of nitrogens with zero attached hydrogens (tertiary/aromatic N) is 1. The number of methoxy groups -OCH3 is 1. The SMILES string of the molecule is COc1ccc(NC(N)=NCc2cccc(OCC(F)(F)F)c2)cc1Cl.I. The van der Waals surface area contributed by atoms with Crippen molar-refractivity contribution in [1.29, 1.82) is 0 Å². The molecule has 0 radical (unpaired) electrons. The molecule has 0 bridgehead atoms. The summed E-state index contributed by atoms with van der Waals surface area (Å²) in [5.41, 5.74) is 7.09. The van der Waals surface area contributed by atoms with E-state index < -0.39 is 12.8 Å². The van der Waals surface area contributed by atoms with E-state index in [0.29, 0.717) is 22.0 Å². The van der Waals surface area contributed by atoms with Crippen molar-refractivity contribution in [3.05, 3.63) is 53.1 Å². The van der Waals surface area contributed by atoms with E-state index in [1.165, 1.54) is 19.2 Å². The summed E-state index contributed by atoms with van der Waals surface area (Å²) in [6, 6.07) is 11.3. The first-order chi connectivity index (χ1) is 12.3. The zero-order chi connectivity index (χ0) is 19.2. The molecule has 0 aliphatic heterocycles. The van der Waals surface area contributed by atoms with E-state index in [1.54, 1.807) is 30.3 Å². The molecule has 3 N–H and O–H groups in total. The monoisotopic (exact) mass is 515 g/mol. The minimum atomic E-state index is -4.39. The lowest BCUT2D eigenvalue weighted by atomic mass is 10.2. The molecule has 0 unspecified atom stereocenters. The van der Waals surface area contributed by atoms with Crippen molar-refractivity contribution >= 4 is 47.2 Å². The van der Waals surface area contributed by atoms with Gasteiger partial charge in [0.1, 0.15) is 11.5 Å². The lowest BCUT2D eigenvalue weighted by Crippen LogP contribution is -2.22. The second-order valence-corrected chi connectivity index (χ2v) is 5.63. The number of anilines is 1. The smallest absolute Gasteiger partial charge is 0.422 e. The van der Waals surface area contributed by atoms with Crippen LogP contribution in [-0.2, 0) is 6.54 Å². The van der Waals surface area contributed by atoms with Gasteiger partial charge in [0.05, 0.1) is 18.7 Å². The molecule has 148 valence electrons. The van der Waals surface area contributed by atoms with Crippen LogP contribution in [0.15, 0.2) is 47.5 Å². The number of hydrogen-bond acceptors (Lipinski definition) is 3. The summed E-state index contributed by atoms with van der Waals surface area (Å²) >= 11 is 6.03. The van der Waals surface area contributed by atoms with Crippen LogP contribution in [0.4, 0.5) is 18.9 Å². The van der Waals surface area contributed by atoms with Crippen molar-refractivity contribution in [2.45, 2.75) is 12.7 Å². The zero-order valence-corrected chi connectivity index (χ0v) is 17.3. The van der Waals surface area contributed by atoms with Gasteiger partial charge in [-0.15, -0.1) is 24.0 Å². The highest BCUT2D eigenvalue weighted by atomic mass is 127. The highest BCUT2D eigenvalue weighted by Crippen LogP contribution is 2.27. The van der Waals surface area contributed by atoms with Crippen LogP contribution >= 0.6 is 35.6 Å². The maximum Gasteiger partial charge on any atom is 0.422 e. The van der Waals surface area contributed by atoms with E-state index in [0.717, 1.165) is 0 Å². The third-order valence-electron chi connectivity index (χ3n) is 3.16. The van der Waals surface area contributed by atoms with Gasteiger partial charge in [-0.2, -0.15) is 13.2 Å². The zero-order valence-electron chi connectivity index (χ0n) is 14.2. The lowest BCUT2D eigenvalue weighted by Gasteiger charge is -2.10. The van der Waals surface area contributed by atoms with Gasteiger partial charge in [-0.3, -0.25) is 0 Å². The van der Waals surface area contributed by atoms with Gasteiger partial charge < -0.3 is 20.5 Å². The van der Waals surface area contributed by atoms with Crippen molar-refractivity contribution in [2.75, 3.05) is 19.0 Å². The number of rotatable bonds is 6. The summed E-state index contributed by atoms with van der Waals surface area (Å²) in [6.45, 7) is -1.17. The number of halogens is 5. The summed E-state index contributed by atoms with van der Waals surface area (Å²) in [7, 11) is 1.51. The Morgan fingerprint density at radius 2 is 1.96 bits per heavy atom. The Hall–Kier alpha value is -1.88. The van der Waals surface area contributed by atoms with Crippen LogP contribution in [-0.4, -0.2) is 25.9 Å². The Bertz CT molecular complexity index is 788. The highest BCUT2D eigenvalue weighted by Gasteiger charge is 2.28. The Kier molecular flexibility index (Phi) is 8.97. The predicted octanol–water partition coefficient (Wildman–Crippen LogP) is 4.83. The van der Waals surface area contributed by atoms with Crippen LogP contribution in [0.2, 0.25) is 5.02 Å². The molecule has 0 fully saturated rings. The molecule has 0 aliphatic rings. The standard InChI is InChI=1S/C17H17ClF3N3O2.HI/c1-25-15-6-5-12(8-14(15)18)24-16(22)23-9-11-3-2-4-13(7-11)26-10-17(19,20)21;/h2-8H,9-10H2,1H3,(H3,22,23,24);1H. The molecule has 0 saturated heterocycles. The molecule has 27 heavy (non-hydrogen) atoms. The molecule has 0 aliphatic carbocycles. The molecule has 2 aromatic rings. The van der Waals surface area contributed by atoms with E-state index >= 15 is 0 Å². The maximum atomic E-state index is 12.2. The van der Waals surface area contributed by atoms with E-state index in [1.807, 2.05) is 0 Å². The van der Waals surface area contributed by atoms with Crippen molar-refractivity contribution in [1.82, 2.24) is 0 Å². The molecule has 5 nitrogen and oxygen atoms in total. The molecule has 0 saturated carbocycles. The second-order valence-electron chi connectivity index (χ2n) is 5.23. The van der Waals surface area contributed by atoms with Gasteiger partial charge in [0.2, 0.25) is 0 Å². The lowest BCUT2D eigenvalue weighted by molar-refractivity contribution is -0.153. The molecule has 10 heteroatoms. The molecule has 0 heterocycles. The average Bonchev–Trinajstić information content (AvgIpc) is 2.58. The van der Waals surface area contributed by atoms with Crippen LogP contribution < -0.4 is 20.5 Å². The first kappa shape index (κ1) is 23.2. The number of alkyl halides is 3. The van der Waals surface area contributed by atoms with Crippen LogP contribution in [0, 0.1) is 0 Å². The van der Waals surface area contributed by atoms with Gasteiger partial charge in [0.25, 0.3) is 0 Å². The summed E-state index contributed by atoms with van der Waals surface area (Å²) < 4.78 is 46.3. The van der Waals surface area contributed by atoms with Gasteiger partial charge in [-0.1, -0.05) is 23.7 Å². The van der Waals surface area contributed by atoms with Crippen LogP contribution in [0.1, 0.15) is 5.56 Å². The highest BCUT2D eigenvalue weighted by molar-refractivity contribution is 14.0. The fraction of sp³-hybridized carbons (Fsp3) is 0.235. The summed E-state index contributed by atoms with van der Waals surface area (Å²) in [5, 5.41) is 3.29. The Balaban J connectivity index is 0.00000364. The molecule has 0 amide bonds. The molecular weight excluding hydrogens is 498 g/mol. The minimum absolute atomic E-state index is 0. The fourth-order valence-corrected chi connectivity index (χ4v) is 2.26. The van der Waals surface area contributed by atoms with Gasteiger partial charge in [-0.05, 0) is 35.9 Å². The quantitative estimate of drug-likeness (QED) is 0.328. The van der Waals surface area contributed by atoms with E-state index in [2.05, 4.69) is 10.3 Å². The number of guanidine groups is 1. The van der Waals surface area contributed by atoms with Crippen molar-refractivity contribution < 1.29 is 22.6 Å². The van der Waals surface area contributed by atoms with Gasteiger partial charge >= 0.3 is 6.18 Å². The number of nitrogens with two attached hydrogens (primary N) is 1. The van der Waals surface area contributed by atoms with E-state index in [4.69, 9.17) is 26.8 Å². The van der Waals surface area contributed by atoms with E-state index in [-0.39, 0.29) is 42.2 Å². The Labute approximate surface area is 176 Å². The van der Waals surface area contributed by atoms with Crippen LogP contribution in [0.3, 0.4) is 0 Å². The largest absolute Gasteiger partial charge is 0.495 e. The number of hydrogen-bond donors (Lipinski definition) is 2. The maximum absolute atomic E-state index is 12.2. The average molecular weight is 516 g/mol. The topological polar surface area (TPSA) is 68.9 Å². The molecule has 2 rings (SSSR count).